The number of aliphatic hydroxyl groups excluding tert-OH is 1. The molecule has 102 valence electrons. The van der Waals surface area contributed by atoms with Crippen LogP contribution in [0.4, 0.5) is 0 Å². The summed E-state index contributed by atoms with van der Waals surface area (Å²) in [7, 11) is -3.41. The predicted molar refractivity (Wildman–Crippen MR) is 63.3 cm³/mol. The monoisotopic (exact) mass is 267 g/mol. The zero-order valence-electron chi connectivity index (χ0n) is 10.1. The van der Waals surface area contributed by atoms with Crippen LogP contribution in [0.1, 0.15) is 19.8 Å². The van der Waals surface area contributed by atoms with Crippen molar-refractivity contribution in [2.24, 2.45) is 0 Å². The Morgan fingerprint density at radius 1 is 1.41 bits per heavy atom. The molecular weight excluding hydrogens is 246 g/mol. The van der Waals surface area contributed by atoms with Gasteiger partial charge in [-0.15, -0.1) is 0 Å². The highest BCUT2D eigenvalue weighted by Gasteiger charge is 2.35. The zero-order valence-corrected chi connectivity index (χ0v) is 11.0. The third-order valence-corrected chi connectivity index (χ3v) is 4.27. The van der Waals surface area contributed by atoms with Crippen molar-refractivity contribution in [2.45, 2.75) is 25.3 Å². The average molecular weight is 267 g/mol. The Morgan fingerprint density at radius 3 is 2.59 bits per heavy atom. The molecule has 0 aromatic rings. The standard InChI is InChI=1S/C10H21NO5S/c1-2-15-7-8-17(13,14)11-10(9-12)3-5-16-6-4-10/h11-12H,2-9H2,1H3. The van der Waals surface area contributed by atoms with Crippen LogP contribution in [0.25, 0.3) is 0 Å². The zero-order chi connectivity index (χ0) is 12.8. The van der Waals surface area contributed by atoms with Gasteiger partial charge >= 0.3 is 0 Å². The van der Waals surface area contributed by atoms with E-state index in [1.807, 2.05) is 6.92 Å². The summed E-state index contributed by atoms with van der Waals surface area (Å²) in [5.74, 6) is -0.0799. The fourth-order valence-electron chi connectivity index (χ4n) is 1.75. The van der Waals surface area contributed by atoms with Gasteiger partial charge in [-0.3, -0.25) is 0 Å². The van der Waals surface area contributed by atoms with Gasteiger partial charge in [-0.2, -0.15) is 0 Å². The highest BCUT2D eigenvalue weighted by molar-refractivity contribution is 7.89. The number of ether oxygens (including phenoxy) is 2. The second kappa shape index (κ2) is 6.65. The second-order valence-corrected chi connectivity index (χ2v) is 6.01. The summed E-state index contributed by atoms with van der Waals surface area (Å²) in [6.07, 6.45) is 0.995. The van der Waals surface area contributed by atoms with E-state index in [0.29, 0.717) is 32.7 Å². The summed E-state index contributed by atoms with van der Waals surface area (Å²) in [6, 6.07) is 0. The summed E-state index contributed by atoms with van der Waals surface area (Å²) >= 11 is 0. The highest BCUT2D eigenvalue weighted by Crippen LogP contribution is 2.21. The molecule has 1 aliphatic rings. The number of hydrogen-bond acceptors (Lipinski definition) is 5. The summed E-state index contributed by atoms with van der Waals surface area (Å²) in [5.41, 5.74) is -0.761. The highest BCUT2D eigenvalue weighted by atomic mass is 32.2. The Kier molecular flexibility index (Phi) is 5.81. The van der Waals surface area contributed by atoms with E-state index in [0.717, 1.165) is 0 Å². The molecule has 0 saturated carbocycles. The van der Waals surface area contributed by atoms with Crippen LogP contribution in [0, 0.1) is 0 Å². The molecule has 0 radical (unpaired) electrons. The van der Waals surface area contributed by atoms with Gasteiger partial charge in [-0.05, 0) is 19.8 Å². The van der Waals surface area contributed by atoms with E-state index < -0.39 is 15.6 Å². The van der Waals surface area contributed by atoms with Crippen molar-refractivity contribution in [3.8, 4) is 0 Å². The van der Waals surface area contributed by atoms with Crippen molar-refractivity contribution in [3.05, 3.63) is 0 Å². The lowest BCUT2D eigenvalue weighted by atomic mass is 9.93. The van der Waals surface area contributed by atoms with E-state index in [2.05, 4.69) is 4.72 Å². The molecule has 1 aliphatic heterocycles. The molecule has 17 heavy (non-hydrogen) atoms. The molecule has 0 spiro atoms. The molecular formula is C10H21NO5S. The fraction of sp³-hybridized carbons (Fsp3) is 1.00. The number of aliphatic hydroxyl groups is 1. The van der Waals surface area contributed by atoms with Gasteiger partial charge in [-0.1, -0.05) is 0 Å². The van der Waals surface area contributed by atoms with Crippen LogP contribution in [-0.2, 0) is 19.5 Å². The third-order valence-electron chi connectivity index (χ3n) is 2.83. The summed E-state index contributed by atoms with van der Waals surface area (Å²) < 4.78 is 36.4. The molecule has 0 aromatic heterocycles. The normalized spacial score (nSPS) is 20.4. The van der Waals surface area contributed by atoms with Gasteiger partial charge in [0.1, 0.15) is 0 Å². The molecule has 0 bridgehead atoms. The maximum atomic E-state index is 11.8. The van der Waals surface area contributed by atoms with Crippen LogP contribution in [0.15, 0.2) is 0 Å². The van der Waals surface area contributed by atoms with Crippen molar-refractivity contribution in [2.75, 3.05) is 38.8 Å². The second-order valence-electron chi connectivity index (χ2n) is 4.17. The van der Waals surface area contributed by atoms with Crippen LogP contribution in [0.2, 0.25) is 0 Å². The van der Waals surface area contributed by atoms with E-state index in [1.165, 1.54) is 0 Å². The number of hydrogen-bond donors (Lipinski definition) is 2. The Bertz CT molecular complexity index is 311. The van der Waals surface area contributed by atoms with Gasteiger partial charge < -0.3 is 14.6 Å². The minimum absolute atomic E-state index is 0.0799. The Labute approximate surface area is 102 Å². The largest absolute Gasteiger partial charge is 0.394 e. The topological polar surface area (TPSA) is 84.9 Å². The maximum absolute atomic E-state index is 11.8. The van der Waals surface area contributed by atoms with Crippen molar-refractivity contribution < 1.29 is 23.0 Å². The number of nitrogens with one attached hydrogen (secondary N) is 1. The van der Waals surface area contributed by atoms with E-state index in [9.17, 15) is 13.5 Å². The fourth-order valence-corrected chi connectivity index (χ4v) is 3.12. The minimum atomic E-state index is -3.41. The first-order valence-corrected chi connectivity index (χ1v) is 7.47. The van der Waals surface area contributed by atoms with Gasteiger partial charge in [0.15, 0.2) is 0 Å². The van der Waals surface area contributed by atoms with E-state index in [1.54, 1.807) is 0 Å². The van der Waals surface area contributed by atoms with Gasteiger partial charge in [0.2, 0.25) is 10.0 Å². The molecule has 0 amide bonds. The number of rotatable bonds is 7. The molecule has 1 heterocycles. The van der Waals surface area contributed by atoms with Gasteiger partial charge in [0, 0.05) is 19.8 Å². The molecule has 0 atom stereocenters. The first-order chi connectivity index (χ1) is 8.04. The molecule has 2 N–H and O–H groups in total. The van der Waals surface area contributed by atoms with Gasteiger partial charge in [0.25, 0.3) is 0 Å². The molecule has 0 aromatic carbocycles. The summed E-state index contributed by atoms with van der Waals surface area (Å²) in [6.45, 7) is 3.21. The lowest BCUT2D eigenvalue weighted by molar-refractivity contribution is 0.0222. The lowest BCUT2D eigenvalue weighted by Gasteiger charge is -2.35. The predicted octanol–water partition coefficient (Wildman–Crippen LogP) is -0.516. The molecule has 1 saturated heterocycles. The van der Waals surface area contributed by atoms with Gasteiger partial charge in [0.05, 0.1) is 24.5 Å². The van der Waals surface area contributed by atoms with Crippen molar-refractivity contribution in [1.82, 2.24) is 4.72 Å². The van der Waals surface area contributed by atoms with E-state index in [4.69, 9.17) is 9.47 Å². The van der Waals surface area contributed by atoms with Crippen molar-refractivity contribution in [1.29, 1.82) is 0 Å². The molecule has 0 aliphatic carbocycles. The van der Waals surface area contributed by atoms with Crippen LogP contribution in [-0.4, -0.2) is 57.9 Å². The Morgan fingerprint density at radius 2 is 2.06 bits per heavy atom. The van der Waals surface area contributed by atoms with Crippen LogP contribution in [0.5, 0.6) is 0 Å². The molecule has 7 heteroatoms. The molecule has 0 unspecified atom stereocenters. The van der Waals surface area contributed by atoms with Crippen LogP contribution >= 0.6 is 0 Å². The average Bonchev–Trinajstić information content (AvgIpc) is 2.30. The summed E-state index contributed by atoms with van der Waals surface area (Å²) in [4.78, 5) is 0. The quantitative estimate of drug-likeness (QED) is 0.607. The van der Waals surface area contributed by atoms with Crippen LogP contribution in [0.3, 0.4) is 0 Å². The van der Waals surface area contributed by atoms with Crippen molar-refractivity contribution >= 4 is 10.0 Å². The molecule has 1 rings (SSSR count). The lowest BCUT2D eigenvalue weighted by Crippen LogP contribution is -2.55. The first-order valence-electron chi connectivity index (χ1n) is 5.81. The first kappa shape index (κ1) is 14.8. The van der Waals surface area contributed by atoms with E-state index >= 15 is 0 Å². The third kappa shape index (κ3) is 4.89. The molecule has 6 nitrogen and oxygen atoms in total. The minimum Gasteiger partial charge on any atom is -0.394 e. The maximum Gasteiger partial charge on any atom is 0.214 e. The van der Waals surface area contributed by atoms with Crippen molar-refractivity contribution in [3.63, 3.8) is 0 Å². The SMILES string of the molecule is CCOCCS(=O)(=O)NC1(CO)CCOCC1. The summed E-state index contributed by atoms with van der Waals surface area (Å²) in [5, 5.41) is 9.36. The van der Waals surface area contributed by atoms with Crippen LogP contribution < -0.4 is 4.72 Å². The number of sulfonamides is 1. The van der Waals surface area contributed by atoms with Gasteiger partial charge in [-0.25, -0.2) is 13.1 Å². The van der Waals surface area contributed by atoms with E-state index in [-0.39, 0.29) is 19.0 Å². The Hall–Kier alpha value is -0.210. The smallest absolute Gasteiger partial charge is 0.214 e. The molecule has 1 fully saturated rings. The Balaban J connectivity index is 2.54.